The molecule has 0 aliphatic carbocycles. The standard InChI is InChI=1S/C20H14ClF2NO/c1-12-5-10-16(21)15(11-12)13-6-8-14(9-7-13)24-20(25)19-17(22)3-2-4-18(19)23/h2-11H,1H3,(H,24,25). The summed E-state index contributed by atoms with van der Waals surface area (Å²) in [6.45, 7) is 1.97. The second-order valence-electron chi connectivity index (χ2n) is 5.61. The van der Waals surface area contributed by atoms with E-state index < -0.39 is 23.1 Å². The van der Waals surface area contributed by atoms with Crippen molar-refractivity contribution in [2.45, 2.75) is 6.92 Å². The van der Waals surface area contributed by atoms with E-state index >= 15 is 0 Å². The zero-order valence-corrected chi connectivity index (χ0v) is 14.1. The third-order valence-electron chi connectivity index (χ3n) is 3.77. The van der Waals surface area contributed by atoms with Gasteiger partial charge in [0, 0.05) is 16.3 Å². The molecule has 1 N–H and O–H groups in total. The molecular weight excluding hydrogens is 344 g/mol. The molecule has 25 heavy (non-hydrogen) atoms. The average molecular weight is 358 g/mol. The lowest BCUT2D eigenvalue weighted by atomic mass is 10.0. The van der Waals surface area contributed by atoms with Gasteiger partial charge in [-0.2, -0.15) is 0 Å². The van der Waals surface area contributed by atoms with Crippen LogP contribution < -0.4 is 5.32 Å². The normalized spacial score (nSPS) is 10.6. The largest absolute Gasteiger partial charge is 0.322 e. The number of amides is 1. The summed E-state index contributed by atoms with van der Waals surface area (Å²) in [5.74, 6) is -2.64. The Morgan fingerprint density at radius 3 is 2.24 bits per heavy atom. The van der Waals surface area contributed by atoms with Crippen LogP contribution in [0.5, 0.6) is 0 Å². The van der Waals surface area contributed by atoms with Gasteiger partial charge in [-0.1, -0.05) is 41.4 Å². The first-order valence-electron chi connectivity index (χ1n) is 7.57. The molecule has 0 aliphatic rings. The van der Waals surface area contributed by atoms with Crippen molar-refractivity contribution in [3.63, 3.8) is 0 Å². The molecule has 0 aliphatic heterocycles. The van der Waals surface area contributed by atoms with Gasteiger partial charge in [-0.05, 0) is 48.9 Å². The van der Waals surface area contributed by atoms with Gasteiger partial charge >= 0.3 is 0 Å². The van der Waals surface area contributed by atoms with E-state index in [1.54, 1.807) is 24.3 Å². The van der Waals surface area contributed by atoms with Gasteiger partial charge in [0.1, 0.15) is 17.2 Å². The quantitative estimate of drug-likeness (QED) is 0.626. The van der Waals surface area contributed by atoms with Crippen molar-refractivity contribution in [2.24, 2.45) is 0 Å². The van der Waals surface area contributed by atoms with E-state index in [1.807, 2.05) is 25.1 Å². The highest BCUT2D eigenvalue weighted by molar-refractivity contribution is 6.33. The van der Waals surface area contributed by atoms with Gasteiger partial charge in [0.05, 0.1) is 0 Å². The highest BCUT2D eigenvalue weighted by Gasteiger charge is 2.17. The zero-order valence-electron chi connectivity index (χ0n) is 13.3. The van der Waals surface area contributed by atoms with Crippen LogP contribution in [0.4, 0.5) is 14.5 Å². The molecule has 5 heteroatoms. The lowest BCUT2D eigenvalue weighted by Crippen LogP contribution is -2.15. The molecule has 0 radical (unpaired) electrons. The molecule has 0 spiro atoms. The van der Waals surface area contributed by atoms with Crippen LogP contribution in [0.1, 0.15) is 15.9 Å². The Labute approximate surface area is 149 Å². The summed E-state index contributed by atoms with van der Waals surface area (Å²) in [7, 11) is 0. The number of carbonyl (C=O) groups is 1. The van der Waals surface area contributed by atoms with Gasteiger partial charge in [-0.15, -0.1) is 0 Å². The molecule has 0 atom stereocenters. The van der Waals surface area contributed by atoms with E-state index in [0.29, 0.717) is 10.7 Å². The molecule has 3 aromatic carbocycles. The van der Waals surface area contributed by atoms with Crippen molar-refractivity contribution in [1.82, 2.24) is 0 Å². The van der Waals surface area contributed by atoms with Crippen molar-refractivity contribution < 1.29 is 13.6 Å². The Morgan fingerprint density at radius 2 is 1.60 bits per heavy atom. The van der Waals surface area contributed by atoms with Crippen LogP contribution >= 0.6 is 11.6 Å². The third kappa shape index (κ3) is 3.69. The highest BCUT2D eigenvalue weighted by atomic mass is 35.5. The van der Waals surface area contributed by atoms with Crippen LogP contribution in [0.3, 0.4) is 0 Å². The smallest absolute Gasteiger partial charge is 0.261 e. The molecule has 0 bridgehead atoms. The van der Waals surface area contributed by atoms with Gasteiger partial charge < -0.3 is 5.32 Å². The highest BCUT2D eigenvalue weighted by Crippen LogP contribution is 2.29. The van der Waals surface area contributed by atoms with Gasteiger partial charge in [0.15, 0.2) is 0 Å². The summed E-state index contributed by atoms with van der Waals surface area (Å²) in [6, 6.07) is 15.9. The van der Waals surface area contributed by atoms with Crippen molar-refractivity contribution in [1.29, 1.82) is 0 Å². The van der Waals surface area contributed by atoms with Crippen LogP contribution in [0.2, 0.25) is 5.02 Å². The maximum Gasteiger partial charge on any atom is 0.261 e. The number of halogens is 3. The van der Waals surface area contributed by atoms with E-state index in [4.69, 9.17) is 11.6 Å². The number of rotatable bonds is 3. The number of hydrogen-bond donors (Lipinski definition) is 1. The van der Waals surface area contributed by atoms with Crippen LogP contribution in [0, 0.1) is 18.6 Å². The molecule has 0 saturated carbocycles. The maximum absolute atomic E-state index is 13.7. The van der Waals surface area contributed by atoms with E-state index in [9.17, 15) is 13.6 Å². The second-order valence-corrected chi connectivity index (χ2v) is 6.02. The van der Waals surface area contributed by atoms with Gasteiger partial charge in [0.25, 0.3) is 5.91 Å². The first-order chi connectivity index (χ1) is 12.0. The van der Waals surface area contributed by atoms with E-state index in [0.717, 1.165) is 28.8 Å². The van der Waals surface area contributed by atoms with Crippen LogP contribution in [0.15, 0.2) is 60.7 Å². The molecule has 3 rings (SSSR count). The number of hydrogen-bond acceptors (Lipinski definition) is 1. The minimum Gasteiger partial charge on any atom is -0.322 e. The molecule has 2 nitrogen and oxygen atoms in total. The fourth-order valence-corrected chi connectivity index (χ4v) is 2.73. The zero-order chi connectivity index (χ0) is 18.0. The molecule has 0 unspecified atom stereocenters. The molecule has 3 aromatic rings. The fourth-order valence-electron chi connectivity index (χ4n) is 2.50. The van der Waals surface area contributed by atoms with Gasteiger partial charge in [-0.3, -0.25) is 4.79 Å². The summed E-state index contributed by atoms with van der Waals surface area (Å²) >= 11 is 6.22. The fraction of sp³-hybridized carbons (Fsp3) is 0.0500. The summed E-state index contributed by atoms with van der Waals surface area (Å²) in [6.07, 6.45) is 0. The molecule has 1 amide bonds. The van der Waals surface area contributed by atoms with Crippen molar-refractivity contribution in [2.75, 3.05) is 5.32 Å². The Morgan fingerprint density at radius 1 is 0.960 bits per heavy atom. The van der Waals surface area contributed by atoms with E-state index in [-0.39, 0.29) is 0 Å². The summed E-state index contributed by atoms with van der Waals surface area (Å²) in [5, 5.41) is 3.11. The van der Waals surface area contributed by atoms with Crippen LogP contribution in [-0.4, -0.2) is 5.91 Å². The first kappa shape index (κ1) is 17.1. The number of benzene rings is 3. The van der Waals surface area contributed by atoms with Crippen molar-refractivity contribution in [3.05, 3.63) is 88.4 Å². The average Bonchev–Trinajstić information content (AvgIpc) is 2.58. The summed E-state index contributed by atoms with van der Waals surface area (Å²) in [5.41, 5.74) is 2.66. The van der Waals surface area contributed by atoms with Crippen LogP contribution in [-0.2, 0) is 0 Å². The Hall–Kier alpha value is -2.72. The molecular formula is C20H14ClF2NO. The molecule has 0 fully saturated rings. The number of carbonyl (C=O) groups excluding carboxylic acids is 1. The van der Waals surface area contributed by atoms with E-state index in [2.05, 4.69) is 5.32 Å². The summed E-state index contributed by atoms with van der Waals surface area (Å²) in [4.78, 5) is 12.1. The minimum atomic E-state index is -0.902. The Balaban J connectivity index is 1.84. The van der Waals surface area contributed by atoms with Gasteiger partial charge in [-0.25, -0.2) is 8.78 Å². The summed E-state index contributed by atoms with van der Waals surface area (Å²) < 4.78 is 27.3. The monoisotopic (exact) mass is 357 g/mol. The number of anilines is 1. The predicted molar refractivity (Wildman–Crippen MR) is 95.9 cm³/mol. The van der Waals surface area contributed by atoms with Crippen molar-refractivity contribution in [3.8, 4) is 11.1 Å². The van der Waals surface area contributed by atoms with Crippen molar-refractivity contribution >= 4 is 23.2 Å². The molecule has 0 saturated heterocycles. The third-order valence-corrected chi connectivity index (χ3v) is 4.10. The number of nitrogens with one attached hydrogen (secondary N) is 1. The first-order valence-corrected chi connectivity index (χ1v) is 7.95. The lowest BCUT2D eigenvalue weighted by molar-refractivity contribution is 0.101. The number of aryl methyl sites for hydroxylation is 1. The predicted octanol–water partition coefficient (Wildman–Crippen LogP) is 5.85. The topological polar surface area (TPSA) is 29.1 Å². The molecule has 126 valence electrons. The lowest BCUT2D eigenvalue weighted by Gasteiger charge is -2.09. The maximum atomic E-state index is 13.7. The van der Waals surface area contributed by atoms with E-state index in [1.165, 1.54) is 6.07 Å². The van der Waals surface area contributed by atoms with Gasteiger partial charge in [0.2, 0.25) is 0 Å². The van der Waals surface area contributed by atoms with Crippen LogP contribution in [0.25, 0.3) is 11.1 Å². The SMILES string of the molecule is Cc1ccc(Cl)c(-c2ccc(NC(=O)c3c(F)cccc3F)cc2)c1. The minimum absolute atomic E-state index is 0.431. The molecule has 0 aromatic heterocycles. The second kappa shape index (κ2) is 7.03. The Kier molecular flexibility index (Phi) is 4.81. The Bertz CT molecular complexity index is 919. The molecule has 0 heterocycles.